The third-order valence-electron chi connectivity index (χ3n) is 2.17. The molecule has 3 N–H and O–H groups in total. The Kier molecular flexibility index (Phi) is 3.08. The molecule has 0 saturated heterocycles. The van der Waals surface area contributed by atoms with Crippen molar-refractivity contribution in [1.82, 2.24) is 0 Å². The number of methoxy groups -OCH3 is 1. The quantitative estimate of drug-likeness (QED) is 0.763. The summed E-state index contributed by atoms with van der Waals surface area (Å²) in [5.41, 5.74) is 4.77. The summed E-state index contributed by atoms with van der Waals surface area (Å²) in [5.74, 6) is -0.347. The van der Waals surface area contributed by atoms with Crippen LogP contribution in [0.2, 0.25) is 0 Å². The van der Waals surface area contributed by atoms with E-state index >= 15 is 0 Å². The van der Waals surface area contributed by atoms with Crippen molar-refractivity contribution in [2.75, 3.05) is 13.7 Å². The summed E-state index contributed by atoms with van der Waals surface area (Å²) in [5, 5.41) is 9.80. The number of rotatable bonds is 3. The van der Waals surface area contributed by atoms with Crippen molar-refractivity contribution in [3.8, 4) is 5.75 Å². The molecule has 0 aliphatic heterocycles. The molecule has 0 aromatic heterocycles. The van der Waals surface area contributed by atoms with Gasteiger partial charge in [-0.2, -0.15) is 0 Å². The highest BCUT2D eigenvalue weighted by Crippen LogP contribution is 2.25. The summed E-state index contributed by atoms with van der Waals surface area (Å²) in [6.07, 6.45) is 0. The summed E-state index contributed by atoms with van der Waals surface area (Å²) in [6.45, 7) is 1.64. The van der Waals surface area contributed by atoms with Crippen molar-refractivity contribution in [2.45, 2.75) is 12.5 Å². The standard InChI is InChI=1S/C10H14FNO2/c1-10(13,6-12)7-3-4-8(11)9(5-7)14-2/h3-5,13H,6,12H2,1-2H3. The summed E-state index contributed by atoms with van der Waals surface area (Å²) >= 11 is 0. The van der Waals surface area contributed by atoms with Crippen LogP contribution in [0.5, 0.6) is 5.75 Å². The molecule has 1 aromatic rings. The second-order valence-electron chi connectivity index (χ2n) is 3.33. The number of benzene rings is 1. The van der Waals surface area contributed by atoms with Crippen molar-refractivity contribution in [3.05, 3.63) is 29.6 Å². The van der Waals surface area contributed by atoms with Crippen molar-refractivity contribution in [3.63, 3.8) is 0 Å². The first kappa shape index (κ1) is 10.9. The Morgan fingerprint density at radius 1 is 1.57 bits per heavy atom. The summed E-state index contributed by atoms with van der Waals surface area (Å²) < 4.78 is 17.8. The van der Waals surface area contributed by atoms with Crippen LogP contribution < -0.4 is 10.5 Å². The minimum Gasteiger partial charge on any atom is -0.494 e. The lowest BCUT2D eigenvalue weighted by atomic mass is 9.96. The average molecular weight is 199 g/mol. The van der Waals surface area contributed by atoms with Crippen LogP contribution in [0.1, 0.15) is 12.5 Å². The predicted molar refractivity (Wildman–Crippen MR) is 51.6 cm³/mol. The fourth-order valence-corrected chi connectivity index (χ4v) is 1.11. The molecule has 3 nitrogen and oxygen atoms in total. The van der Waals surface area contributed by atoms with Crippen LogP contribution in [0, 0.1) is 5.82 Å². The predicted octanol–water partition coefficient (Wildman–Crippen LogP) is 1.00. The molecular formula is C10H14FNO2. The van der Waals surface area contributed by atoms with Gasteiger partial charge in [0, 0.05) is 6.54 Å². The molecule has 1 rings (SSSR count). The van der Waals surface area contributed by atoms with E-state index in [1.54, 1.807) is 6.92 Å². The number of nitrogens with two attached hydrogens (primary N) is 1. The maximum Gasteiger partial charge on any atom is 0.165 e. The van der Waals surface area contributed by atoms with Gasteiger partial charge in [-0.3, -0.25) is 0 Å². The molecule has 1 aromatic carbocycles. The van der Waals surface area contributed by atoms with E-state index in [0.717, 1.165) is 0 Å². The van der Waals surface area contributed by atoms with Gasteiger partial charge >= 0.3 is 0 Å². The molecule has 0 heterocycles. The Morgan fingerprint density at radius 3 is 2.71 bits per heavy atom. The zero-order chi connectivity index (χ0) is 10.8. The van der Waals surface area contributed by atoms with Gasteiger partial charge in [-0.15, -0.1) is 0 Å². The van der Waals surface area contributed by atoms with E-state index in [9.17, 15) is 9.50 Å². The number of ether oxygens (including phenoxy) is 1. The van der Waals surface area contributed by atoms with E-state index in [1.165, 1.54) is 25.3 Å². The van der Waals surface area contributed by atoms with Crippen LogP contribution in [0.4, 0.5) is 4.39 Å². The third kappa shape index (κ3) is 2.02. The fourth-order valence-electron chi connectivity index (χ4n) is 1.11. The van der Waals surface area contributed by atoms with Crippen molar-refractivity contribution in [2.24, 2.45) is 5.73 Å². The van der Waals surface area contributed by atoms with Gasteiger partial charge in [0.15, 0.2) is 11.6 Å². The van der Waals surface area contributed by atoms with Crippen LogP contribution in [0.3, 0.4) is 0 Å². The van der Waals surface area contributed by atoms with Gasteiger partial charge in [0.1, 0.15) is 0 Å². The lowest BCUT2D eigenvalue weighted by Gasteiger charge is -2.22. The van der Waals surface area contributed by atoms with Crippen LogP contribution in [0.15, 0.2) is 18.2 Å². The van der Waals surface area contributed by atoms with Crippen molar-refractivity contribution < 1.29 is 14.2 Å². The molecule has 0 radical (unpaired) electrons. The van der Waals surface area contributed by atoms with E-state index in [1.807, 2.05) is 0 Å². The Balaban J connectivity index is 3.12. The Labute approximate surface area is 82.3 Å². The minimum absolute atomic E-state index is 0.0712. The minimum atomic E-state index is -1.15. The highest BCUT2D eigenvalue weighted by Gasteiger charge is 2.22. The third-order valence-corrected chi connectivity index (χ3v) is 2.17. The monoisotopic (exact) mass is 199 g/mol. The highest BCUT2D eigenvalue weighted by atomic mass is 19.1. The molecule has 0 aliphatic rings. The number of aliphatic hydroxyl groups is 1. The maximum absolute atomic E-state index is 13.0. The van der Waals surface area contributed by atoms with Gasteiger partial charge in [-0.25, -0.2) is 4.39 Å². The summed E-state index contributed by atoms with van der Waals surface area (Å²) in [4.78, 5) is 0. The first-order valence-corrected chi connectivity index (χ1v) is 4.27. The number of hydrogen-bond donors (Lipinski definition) is 2. The molecule has 1 unspecified atom stereocenters. The molecular weight excluding hydrogens is 185 g/mol. The first-order valence-electron chi connectivity index (χ1n) is 4.27. The number of hydrogen-bond acceptors (Lipinski definition) is 3. The highest BCUT2D eigenvalue weighted by molar-refractivity contribution is 5.33. The smallest absolute Gasteiger partial charge is 0.165 e. The Hall–Kier alpha value is -1.13. The molecule has 0 bridgehead atoms. The van der Waals surface area contributed by atoms with Gasteiger partial charge in [0.05, 0.1) is 12.7 Å². The van der Waals surface area contributed by atoms with Crippen LogP contribution in [-0.4, -0.2) is 18.8 Å². The van der Waals surface area contributed by atoms with Crippen LogP contribution in [0.25, 0.3) is 0 Å². The zero-order valence-corrected chi connectivity index (χ0v) is 8.25. The lowest BCUT2D eigenvalue weighted by molar-refractivity contribution is 0.0665. The van der Waals surface area contributed by atoms with Gasteiger partial charge in [0.25, 0.3) is 0 Å². The topological polar surface area (TPSA) is 55.5 Å². The van der Waals surface area contributed by atoms with Gasteiger partial charge in [-0.1, -0.05) is 6.07 Å². The molecule has 14 heavy (non-hydrogen) atoms. The SMILES string of the molecule is COc1cc(C(C)(O)CN)ccc1F. The first-order chi connectivity index (χ1) is 6.51. The van der Waals surface area contributed by atoms with E-state index in [0.29, 0.717) is 5.56 Å². The van der Waals surface area contributed by atoms with E-state index < -0.39 is 11.4 Å². The van der Waals surface area contributed by atoms with Crippen LogP contribution >= 0.6 is 0 Å². The largest absolute Gasteiger partial charge is 0.494 e. The summed E-state index contributed by atoms with van der Waals surface area (Å²) in [6, 6.07) is 4.19. The second-order valence-corrected chi connectivity index (χ2v) is 3.33. The van der Waals surface area contributed by atoms with Crippen LogP contribution in [-0.2, 0) is 5.60 Å². The Morgan fingerprint density at radius 2 is 2.21 bits per heavy atom. The van der Waals surface area contributed by atoms with Gasteiger partial charge in [0.2, 0.25) is 0 Å². The molecule has 0 fully saturated rings. The summed E-state index contributed by atoms with van der Waals surface area (Å²) in [7, 11) is 1.37. The van der Waals surface area contributed by atoms with Crippen molar-refractivity contribution >= 4 is 0 Å². The lowest BCUT2D eigenvalue weighted by Crippen LogP contribution is -2.31. The van der Waals surface area contributed by atoms with Gasteiger partial charge < -0.3 is 15.6 Å². The van der Waals surface area contributed by atoms with Gasteiger partial charge in [-0.05, 0) is 24.6 Å². The second kappa shape index (κ2) is 3.94. The normalized spacial score (nSPS) is 14.9. The average Bonchev–Trinajstić information content (AvgIpc) is 2.18. The van der Waals surface area contributed by atoms with Crippen molar-refractivity contribution in [1.29, 1.82) is 0 Å². The number of halogens is 1. The molecule has 78 valence electrons. The molecule has 0 saturated carbocycles. The zero-order valence-electron chi connectivity index (χ0n) is 8.25. The Bertz CT molecular complexity index is 326. The molecule has 0 aliphatic carbocycles. The fraction of sp³-hybridized carbons (Fsp3) is 0.400. The molecule has 0 amide bonds. The molecule has 4 heteroatoms. The van der Waals surface area contributed by atoms with E-state index in [-0.39, 0.29) is 12.3 Å². The van der Waals surface area contributed by atoms with E-state index in [4.69, 9.17) is 10.5 Å². The maximum atomic E-state index is 13.0. The molecule has 1 atom stereocenters. The molecule has 0 spiro atoms. The van der Waals surface area contributed by atoms with E-state index in [2.05, 4.69) is 0 Å².